The van der Waals surface area contributed by atoms with Gasteiger partial charge in [-0.05, 0) is 30.7 Å². The van der Waals surface area contributed by atoms with Crippen LogP contribution in [-0.4, -0.2) is 33.3 Å². The van der Waals surface area contributed by atoms with Gasteiger partial charge in [-0.3, -0.25) is 0 Å². The second kappa shape index (κ2) is 5.86. The minimum absolute atomic E-state index is 0.200. The fourth-order valence-electron chi connectivity index (χ4n) is 2.23. The van der Waals surface area contributed by atoms with Crippen LogP contribution in [0.4, 0.5) is 0 Å². The Hall–Kier alpha value is -1.17. The Morgan fingerprint density at radius 2 is 2.42 bits per heavy atom. The van der Waals surface area contributed by atoms with E-state index < -0.39 is 0 Å². The summed E-state index contributed by atoms with van der Waals surface area (Å²) in [7, 11) is 0. The zero-order chi connectivity index (χ0) is 13.1. The number of aliphatic hydroxyl groups excluding tert-OH is 1. The molecule has 1 saturated carbocycles. The van der Waals surface area contributed by atoms with Crippen LogP contribution in [0.25, 0.3) is 10.7 Å². The van der Waals surface area contributed by atoms with Crippen LogP contribution in [0.15, 0.2) is 29.9 Å². The number of aliphatic hydroxyl groups is 1. The molecule has 1 fully saturated rings. The summed E-state index contributed by atoms with van der Waals surface area (Å²) >= 11 is 1.71. The van der Waals surface area contributed by atoms with Gasteiger partial charge < -0.3 is 15.0 Å². The topological polar surface area (TPSA) is 50.1 Å². The van der Waals surface area contributed by atoms with E-state index in [2.05, 4.69) is 26.3 Å². The van der Waals surface area contributed by atoms with Gasteiger partial charge >= 0.3 is 0 Å². The highest BCUT2D eigenvalue weighted by molar-refractivity contribution is 7.13. The molecule has 2 N–H and O–H groups in total. The molecule has 19 heavy (non-hydrogen) atoms. The maximum absolute atomic E-state index is 9.40. The Kier molecular flexibility index (Phi) is 3.96. The fraction of sp³-hybridized carbons (Fsp3) is 0.500. The van der Waals surface area contributed by atoms with Crippen LogP contribution in [0.3, 0.4) is 0 Å². The Morgan fingerprint density at radius 3 is 3.11 bits per heavy atom. The van der Waals surface area contributed by atoms with Crippen molar-refractivity contribution < 1.29 is 5.11 Å². The molecule has 1 aliphatic carbocycles. The first kappa shape index (κ1) is 12.8. The van der Waals surface area contributed by atoms with Gasteiger partial charge in [0.2, 0.25) is 0 Å². The van der Waals surface area contributed by atoms with Crippen molar-refractivity contribution in [3.8, 4) is 10.7 Å². The van der Waals surface area contributed by atoms with Gasteiger partial charge in [-0.15, -0.1) is 11.3 Å². The minimum Gasteiger partial charge on any atom is -0.395 e. The minimum atomic E-state index is 0.200. The molecule has 4 nitrogen and oxygen atoms in total. The van der Waals surface area contributed by atoms with Gasteiger partial charge in [-0.25, -0.2) is 4.98 Å². The lowest BCUT2D eigenvalue weighted by atomic mass is 10.2. The second-order valence-corrected chi connectivity index (χ2v) is 5.98. The Balaban J connectivity index is 1.61. The van der Waals surface area contributed by atoms with E-state index in [1.165, 1.54) is 17.7 Å². The molecule has 0 aliphatic heterocycles. The van der Waals surface area contributed by atoms with E-state index in [0.717, 1.165) is 18.8 Å². The summed E-state index contributed by atoms with van der Waals surface area (Å²) in [5.74, 6) is 1.03. The number of aromatic nitrogens is 2. The molecule has 3 rings (SSSR count). The lowest BCUT2D eigenvalue weighted by molar-refractivity contribution is 0.230. The normalized spacial score (nSPS) is 16.7. The SMILES string of the molecule is OCC(CCn1ccnc1-c1cccs1)NC1CC1. The lowest BCUT2D eigenvalue weighted by Gasteiger charge is -2.16. The molecule has 0 aromatic carbocycles. The van der Waals surface area contributed by atoms with E-state index in [1.807, 2.05) is 18.5 Å². The third-order valence-electron chi connectivity index (χ3n) is 3.44. The van der Waals surface area contributed by atoms with E-state index >= 15 is 0 Å². The molecule has 0 radical (unpaired) electrons. The average molecular weight is 277 g/mol. The molecular weight excluding hydrogens is 258 g/mol. The van der Waals surface area contributed by atoms with Gasteiger partial charge in [0.25, 0.3) is 0 Å². The average Bonchev–Trinajstić information content (AvgIpc) is 2.94. The zero-order valence-electron chi connectivity index (χ0n) is 10.8. The number of hydrogen-bond acceptors (Lipinski definition) is 4. The lowest BCUT2D eigenvalue weighted by Crippen LogP contribution is -2.35. The van der Waals surface area contributed by atoms with Crippen LogP contribution in [0.5, 0.6) is 0 Å². The van der Waals surface area contributed by atoms with Crippen LogP contribution in [0.2, 0.25) is 0 Å². The standard InChI is InChI=1S/C14H19N3OS/c18-10-12(16-11-3-4-11)5-7-17-8-6-15-14(17)13-2-1-9-19-13/h1-2,6,8-9,11-12,16,18H,3-5,7,10H2. The van der Waals surface area contributed by atoms with Gasteiger partial charge in [0.1, 0.15) is 5.82 Å². The van der Waals surface area contributed by atoms with Crippen LogP contribution >= 0.6 is 11.3 Å². The summed E-state index contributed by atoms with van der Waals surface area (Å²) in [6, 6.07) is 4.97. The molecule has 2 heterocycles. The third kappa shape index (κ3) is 3.23. The summed E-state index contributed by atoms with van der Waals surface area (Å²) < 4.78 is 2.17. The van der Waals surface area contributed by atoms with Gasteiger partial charge in [-0.2, -0.15) is 0 Å². The van der Waals surface area contributed by atoms with E-state index in [4.69, 9.17) is 0 Å². The second-order valence-electron chi connectivity index (χ2n) is 5.03. The van der Waals surface area contributed by atoms with Crippen molar-refractivity contribution in [2.24, 2.45) is 0 Å². The highest BCUT2D eigenvalue weighted by Crippen LogP contribution is 2.23. The first-order valence-corrected chi connectivity index (χ1v) is 7.66. The van der Waals surface area contributed by atoms with Gasteiger partial charge in [0.15, 0.2) is 0 Å². The van der Waals surface area contributed by atoms with Crippen LogP contribution < -0.4 is 5.32 Å². The summed E-state index contributed by atoms with van der Waals surface area (Å²) in [5.41, 5.74) is 0. The fourth-order valence-corrected chi connectivity index (χ4v) is 2.96. The summed E-state index contributed by atoms with van der Waals surface area (Å²) in [6.07, 6.45) is 7.30. The monoisotopic (exact) mass is 277 g/mol. The highest BCUT2D eigenvalue weighted by atomic mass is 32.1. The number of nitrogens with one attached hydrogen (secondary N) is 1. The molecule has 5 heteroatoms. The third-order valence-corrected chi connectivity index (χ3v) is 4.31. The maximum Gasteiger partial charge on any atom is 0.149 e. The first-order chi connectivity index (χ1) is 9.36. The molecule has 1 atom stereocenters. The zero-order valence-corrected chi connectivity index (χ0v) is 11.6. The van der Waals surface area contributed by atoms with Crippen LogP contribution in [0, 0.1) is 0 Å². The molecule has 2 aromatic heterocycles. The molecule has 1 unspecified atom stereocenters. The van der Waals surface area contributed by atoms with E-state index in [-0.39, 0.29) is 12.6 Å². The van der Waals surface area contributed by atoms with Crippen molar-refractivity contribution in [3.63, 3.8) is 0 Å². The molecule has 102 valence electrons. The molecule has 1 aliphatic rings. The van der Waals surface area contributed by atoms with Crippen molar-refractivity contribution in [1.82, 2.24) is 14.9 Å². The quantitative estimate of drug-likeness (QED) is 0.815. The predicted molar refractivity (Wildman–Crippen MR) is 77.2 cm³/mol. The highest BCUT2D eigenvalue weighted by Gasteiger charge is 2.24. The van der Waals surface area contributed by atoms with E-state index in [0.29, 0.717) is 6.04 Å². The van der Waals surface area contributed by atoms with Crippen molar-refractivity contribution in [3.05, 3.63) is 29.9 Å². The molecule has 0 bridgehead atoms. The Morgan fingerprint density at radius 1 is 1.53 bits per heavy atom. The van der Waals surface area contributed by atoms with Gasteiger partial charge in [0, 0.05) is 31.0 Å². The van der Waals surface area contributed by atoms with Crippen LogP contribution in [0.1, 0.15) is 19.3 Å². The Bertz CT molecular complexity index is 505. The molecular formula is C14H19N3OS. The van der Waals surface area contributed by atoms with Crippen molar-refractivity contribution >= 4 is 11.3 Å². The molecule has 0 amide bonds. The molecule has 2 aromatic rings. The van der Waals surface area contributed by atoms with Crippen molar-refractivity contribution in [2.45, 2.75) is 37.9 Å². The largest absolute Gasteiger partial charge is 0.395 e. The first-order valence-electron chi connectivity index (χ1n) is 6.78. The Labute approximate surface area is 117 Å². The van der Waals surface area contributed by atoms with Crippen molar-refractivity contribution in [2.75, 3.05) is 6.61 Å². The predicted octanol–water partition coefficient (Wildman–Crippen LogP) is 2.11. The van der Waals surface area contributed by atoms with E-state index in [1.54, 1.807) is 11.3 Å². The number of nitrogens with zero attached hydrogens (tertiary/aromatic N) is 2. The maximum atomic E-state index is 9.40. The summed E-state index contributed by atoms with van der Waals surface area (Å²) in [4.78, 5) is 5.62. The molecule has 0 saturated heterocycles. The number of thiophene rings is 1. The van der Waals surface area contributed by atoms with Gasteiger partial charge in [-0.1, -0.05) is 6.07 Å². The number of aryl methyl sites for hydroxylation is 1. The molecule has 0 spiro atoms. The van der Waals surface area contributed by atoms with Gasteiger partial charge in [0.05, 0.1) is 11.5 Å². The smallest absolute Gasteiger partial charge is 0.149 e. The number of imidazole rings is 1. The number of hydrogen-bond donors (Lipinski definition) is 2. The van der Waals surface area contributed by atoms with Crippen LogP contribution in [-0.2, 0) is 6.54 Å². The number of rotatable bonds is 7. The van der Waals surface area contributed by atoms with E-state index in [9.17, 15) is 5.11 Å². The summed E-state index contributed by atoms with van der Waals surface area (Å²) in [6.45, 7) is 1.09. The van der Waals surface area contributed by atoms with Crippen molar-refractivity contribution in [1.29, 1.82) is 0 Å². The summed E-state index contributed by atoms with van der Waals surface area (Å²) in [5, 5.41) is 14.9.